The number of H-pyrrole nitrogens is 1. The van der Waals surface area contributed by atoms with Crippen molar-refractivity contribution in [2.24, 2.45) is 0 Å². The zero-order valence-corrected chi connectivity index (χ0v) is 14.3. The average molecular weight is 371 g/mol. The summed E-state index contributed by atoms with van der Waals surface area (Å²) in [4.78, 5) is 34.6. The Bertz CT molecular complexity index is 945. The van der Waals surface area contributed by atoms with Crippen LogP contribution in [0.5, 0.6) is 0 Å². The molecule has 0 radical (unpaired) electrons. The van der Waals surface area contributed by atoms with Crippen molar-refractivity contribution in [1.29, 1.82) is 0 Å². The largest absolute Gasteiger partial charge is 0.480 e. The van der Waals surface area contributed by atoms with E-state index in [9.17, 15) is 19.1 Å². The second-order valence-electron chi connectivity index (χ2n) is 5.92. The molecular formula is C18H18FN5O3. The lowest BCUT2D eigenvalue weighted by atomic mass is 10.2. The second kappa shape index (κ2) is 8.37. The van der Waals surface area contributed by atoms with Crippen LogP contribution in [-0.4, -0.2) is 44.5 Å². The number of benzene rings is 1. The zero-order chi connectivity index (χ0) is 19.2. The minimum atomic E-state index is -1.11. The van der Waals surface area contributed by atoms with Gasteiger partial charge in [0.15, 0.2) is 0 Å². The van der Waals surface area contributed by atoms with E-state index in [2.05, 4.69) is 25.6 Å². The Labute approximate surface area is 153 Å². The van der Waals surface area contributed by atoms with Gasteiger partial charge in [-0.05, 0) is 30.3 Å². The molecule has 140 valence electrons. The molecule has 4 N–H and O–H groups in total. The van der Waals surface area contributed by atoms with Gasteiger partial charge in [-0.3, -0.25) is 19.9 Å². The monoisotopic (exact) mass is 371 g/mol. The summed E-state index contributed by atoms with van der Waals surface area (Å²) in [5.41, 5.74) is 1.74. The van der Waals surface area contributed by atoms with Gasteiger partial charge < -0.3 is 15.4 Å². The summed E-state index contributed by atoms with van der Waals surface area (Å²) in [6, 6.07) is 8.43. The van der Waals surface area contributed by atoms with Crippen molar-refractivity contribution >= 4 is 22.9 Å². The van der Waals surface area contributed by atoms with Gasteiger partial charge in [-0.25, -0.2) is 9.37 Å². The molecule has 2 aromatic heterocycles. The van der Waals surface area contributed by atoms with E-state index in [-0.39, 0.29) is 25.4 Å². The highest BCUT2D eigenvalue weighted by Crippen LogP contribution is 2.13. The van der Waals surface area contributed by atoms with Crippen LogP contribution in [0.25, 0.3) is 11.0 Å². The first kappa shape index (κ1) is 18.5. The van der Waals surface area contributed by atoms with Crippen LogP contribution in [0.2, 0.25) is 0 Å². The maximum absolute atomic E-state index is 13.2. The number of hydrogen-bond donors (Lipinski definition) is 4. The first-order valence-electron chi connectivity index (χ1n) is 8.28. The van der Waals surface area contributed by atoms with Gasteiger partial charge in [-0.2, -0.15) is 0 Å². The van der Waals surface area contributed by atoms with E-state index in [1.165, 1.54) is 18.2 Å². The molecule has 1 aromatic carbocycles. The number of aromatic amines is 1. The van der Waals surface area contributed by atoms with Gasteiger partial charge in [0, 0.05) is 12.6 Å². The van der Waals surface area contributed by atoms with Gasteiger partial charge in [-0.1, -0.05) is 6.07 Å². The van der Waals surface area contributed by atoms with Gasteiger partial charge in [0.05, 0.1) is 29.8 Å². The number of nitrogens with one attached hydrogen (secondary N) is 3. The van der Waals surface area contributed by atoms with E-state index < -0.39 is 17.8 Å². The fourth-order valence-corrected chi connectivity index (χ4v) is 2.54. The number of fused-ring (bicyclic) bond motifs is 1. The number of halogens is 1. The summed E-state index contributed by atoms with van der Waals surface area (Å²) in [5, 5.41) is 14.7. The third kappa shape index (κ3) is 5.08. The summed E-state index contributed by atoms with van der Waals surface area (Å²) in [6.07, 6.45) is 1.65. The molecule has 1 atom stereocenters. The molecule has 0 aliphatic heterocycles. The number of carbonyl (C=O) groups is 2. The number of imidazole rings is 1. The highest BCUT2D eigenvalue weighted by Gasteiger charge is 2.20. The Morgan fingerprint density at radius 2 is 2.11 bits per heavy atom. The molecule has 0 saturated heterocycles. The lowest BCUT2D eigenvalue weighted by Crippen LogP contribution is -2.44. The standard InChI is InChI=1S/C18H18FN5O3/c19-11-4-5-13-14(7-11)24-16(23-13)8-15(18(26)27)21-10-17(25)22-9-12-3-1-2-6-20-12/h1-7,15,21H,8-10H2,(H,22,25)(H,23,24)(H,26,27)/t15-/m1/s1. The van der Waals surface area contributed by atoms with Crippen LogP contribution in [0.1, 0.15) is 11.5 Å². The number of nitrogens with zero attached hydrogens (tertiary/aromatic N) is 2. The Morgan fingerprint density at radius 3 is 2.85 bits per heavy atom. The highest BCUT2D eigenvalue weighted by atomic mass is 19.1. The Morgan fingerprint density at radius 1 is 1.26 bits per heavy atom. The maximum atomic E-state index is 13.2. The van der Waals surface area contributed by atoms with Gasteiger partial charge in [0.1, 0.15) is 17.7 Å². The Balaban J connectivity index is 1.55. The normalized spacial score (nSPS) is 12.0. The van der Waals surface area contributed by atoms with Gasteiger partial charge in [0.25, 0.3) is 0 Å². The van der Waals surface area contributed by atoms with Crippen LogP contribution in [0.4, 0.5) is 4.39 Å². The molecule has 2 heterocycles. The summed E-state index contributed by atoms with van der Waals surface area (Å²) < 4.78 is 13.2. The SMILES string of the molecule is O=C(CN[C@H](Cc1nc2ccc(F)cc2[nH]1)C(=O)O)NCc1ccccn1. The smallest absolute Gasteiger partial charge is 0.321 e. The van der Waals surface area contributed by atoms with E-state index >= 15 is 0 Å². The molecule has 9 heteroatoms. The fraction of sp³-hybridized carbons (Fsp3) is 0.222. The Hall–Kier alpha value is -3.33. The van der Waals surface area contributed by atoms with Crippen LogP contribution in [0, 0.1) is 5.82 Å². The molecule has 0 fully saturated rings. The summed E-state index contributed by atoms with van der Waals surface area (Å²) in [6.45, 7) is 0.0902. The van der Waals surface area contributed by atoms with E-state index in [4.69, 9.17) is 0 Å². The van der Waals surface area contributed by atoms with Crippen LogP contribution in [0.3, 0.4) is 0 Å². The molecule has 0 aliphatic carbocycles. The molecular weight excluding hydrogens is 353 g/mol. The van der Waals surface area contributed by atoms with E-state index in [1.807, 2.05) is 6.07 Å². The third-order valence-electron chi connectivity index (χ3n) is 3.89. The number of amides is 1. The lowest BCUT2D eigenvalue weighted by molar-refractivity contribution is -0.139. The van der Waals surface area contributed by atoms with Gasteiger partial charge in [-0.15, -0.1) is 0 Å². The van der Waals surface area contributed by atoms with Crippen LogP contribution >= 0.6 is 0 Å². The third-order valence-corrected chi connectivity index (χ3v) is 3.89. The molecule has 3 rings (SSSR count). The predicted octanol–water partition coefficient (Wildman–Crippen LogP) is 0.999. The molecule has 0 bridgehead atoms. The fourth-order valence-electron chi connectivity index (χ4n) is 2.54. The number of hydrogen-bond acceptors (Lipinski definition) is 5. The molecule has 0 saturated carbocycles. The Kier molecular flexibility index (Phi) is 5.72. The van der Waals surface area contributed by atoms with Crippen molar-refractivity contribution in [3.05, 3.63) is 59.9 Å². The number of carbonyl (C=O) groups excluding carboxylic acids is 1. The topological polar surface area (TPSA) is 120 Å². The minimum Gasteiger partial charge on any atom is -0.480 e. The molecule has 0 spiro atoms. The number of aromatic nitrogens is 3. The van der Waals surface area contributed by atoms with Gasteiger partial charge >= 0.3 is 5.97 Å². The molecule has 0 unspecified atom stereocenters. The summed E-state index contributed by atoms with van der Waals surface area (Å²) in [7, 11) is 0. The van der Waals surface area contributed by atoms with Crippen LogP contribution in [-0.2, 0) is 22.6 Å². The summed E-state index contributed by atoms with van der Waals surface area (Å²) >= 11 is 0. The van der Waals surface area contributed by atoms with Crippen molar-refractivity contribution in [2.45, 2.75) is 19.0 Å². The average Bonchev–Trinajstić information content (AvgIpc) is 3.05. The molecule has 27 heavy (non-hydrogen) atoms. The number of carboxylic acid groups (broad SMARTS) is 1. The first-order chi connectivity index (χ1) is 13.0. The van der Waals surface area contributed by atoms with Crippen molar-refractivity contribution in [1.82, 2.24) is 25.6 Å². The van der Waals surface area contributed by atoms with Crippen molar-refractivity contribution in [2.75, 3.05) is 6.54 Å². The van der Waals surface area contributed by atoms with Gasteiger partial charge in [0.2, 0.25) is 5.91 Å². The zero-order valence-electron chi connectivity index (χ0n) is 14.3. The first-order valence-corrected chi connectivity index (χ1v) is 8.28. The second-order valence-corrected chi connectivity index (χ2v) is 5.92. The van der Waals surface area contributed by atoms with E-state index in [0.717, 1.165) is 0 Å². The minimum absolute atomic E-state index is 0.0269. The van der Waals surface area contributed by atoms with Crippen molar-refractivity contribution < 1.29 is 19.1 Å². The molecule has 3 aromatic rings. The molecule has 1 amide bonds. The summed E-state index contributed by atoms with van der Waals surface area (Å²) in [5.74, 6) is -1.47. The van der Waals surface area contributed by atoms with Crippen LogP contribution < -0.4 is 10.6 Å². The molecule has 0 aliphatic rings. The highest BCUT2D eigenvalue weighted by molar-refractivity contribution is 5.80. The maximum Gasteiger partial charge on any atom is 0.321 e. The van der Waals surface area contributed by atoms with Crippen molar-refractivity contribution in [3.63, 3.8) is 0 Å². The lowest BCUT2D eigenvalue weighted by Gasteiger charge is -2.13. The number of pyridine rings is 1. The van der Waals surface area contributed by atoms with Crippen molar-refractivity contribution in [3.8, 4) is 0 Å². The number of rotatable bonds is 8. The van der Waals surface area contributed by atoms with E-state index in [1.54, 1.807) is 18.3 Å². The predicted molar refractivity (Wildman–Crippen MR) is 95.3 cm³/mol. The molecule has 8 nitrogen and oxygen atoms in total. The quantitative estimate of drug-likeness (QED) is 0.469. The van der Waals surface area contributed by atoms with Crippen LogP contribution in [0.15, 0.2) is 42.6 Å². The van der Waals surface area contributed by atoms with E-state index in [0.29, 0.717) is 22.6 Å². The number of aliphatic carboxylic acids is 1. The number of carboxylic acids is 1.